The first-order valence-electron chi connectivity index (χ1n) is 19.4. The van der Waals surface area contributed by atoms with Crippen molar-refractivity contribution in [2.75, 3.05) is 0 Å². The molecule has 1 fully saturated rings. The number of hydrogen-bond donors (Lipinski definition) is 1. The van der Waals surface area contributed by atoms with Gasteiger partial charge in [-0.3, -0.25) is 0 Å². The summed E-state index contributed by atoms with van der Waals surface area (Å²) >= 11 is 7.56. The molecule has 0 amide bonds. The molecule has 53 heavy (non-hydrogen) atoms. The Kier molecular flexibility index (Phi) is 9.80. The highest BCUT2D eigenvalue weighted by molar-refractivity contribution is 9.10. The molecule has 2 aromatic heterocycles. The molecule has 6 aromatic rings. The topological polar surface area (TPSA) is 35.9 Å². The molecule has 4 aromatic carbocycles. The summed E-state index contributed by atoms with van der Waals surface area (Å²) in [6.45, 7) is 11.3. The van der Waals surface area contributed by atoms with Gasteiger partial charge >= 0.3 is 0 Å². The number of nitrogens with two attached hydrogens (primary N) is 1. The van der Waals surface area contributed by atoms with Crippen molar-refractivity contribution in [2.45, 2.75) is 91.0 Å². The summed E-state index contributed by atoms with van der Waals surface area (Å²) < 4.78 is 7.11. The lowest BCUT2D eigenvalue weighted by atomic mass is 9.84. The number of halogens is 2. The third kappa shape index (κ3) is 6.04. The first-order chi connectivity index (χ1) is 25.7. The molecule has 0 spiro atoms. The van der Waals surface area contributed by atoms with Crippen LogP contribution >= 0.6 is 31.9 Å². The van der Waals surface area contributed by atoms with E-state index >= 15 is 0 Å². The van der Waals surface area contributed by atoms with Crippen LogP contribution < -0.4 is 5.73 Å². The van der Waals surface area contributed by atoms with Gasteiger partial charge in [0, 0.05) is 42.4 Å². The maximum atomic E-state index is 7.35. The van der Waals surface area contributed by atoms with E-state index in [-0.39, 0.29) is 0 Å². The normalized spacial score (nSPS) is 17.5. The zero-order chi connectivity index (χ0) is 37.0. The van der Waals surface area contributed by atoms with E-state index in [1.807, 2.05) is 0 Å². The van der Waals surface area contributed by atoms with E-state index in [1.165, 1.54) is 97.1 Å². The van der Waals surface area contributed by atoms with Crippen molar-refractivity contribution in [3.05, 3.63) is 139 Å². The second-order valence-corrected chi connectivity index (χ2v) is 17.0. The van der Waals surface area contributed by atoms with Gasteiger partial charge in [-0.05, 0) is 165 Å². The van der Waals surface area contributed by atoms with Crippen LogP contribution in [0.1, 0.15) is 105 Å². The molecule has 2 heterocycles. The summed E-state index contributed by atoms with van der Waals surface area (Å²) in [5, 5.41) is 2.58. The minimum Gasteiger partial charge on any atom is -0.318 e. The number of allylic oxidation sites excluding steroid dienone is 3. The fourth-order valence-corrected chi connectivity index (χ4v) is 10.1. The standard InChI is InChI=1S/C48H49Br2N3/c1-6-9-13-32(8-3)46-40-28-34(49)17-23-42(40)52(44(46)12-7-2)36-19-21-38(30(4)26-36)39-22-20-37(27-31(39)5)53-43-24-18-35(50)29-41(43)47-45(53)16-10-14-33-15-11-25-48(33,47)51/h7,10,12,14,16-24,26-29,32H,6,8-9,11,13,15,25,51H2,1-5H3/b12-7-. The van der Waals surface area contributed by atoms with Gasteiger partial charge in [0.05, 0.1) is 22.3 Å². The molecular formula is C48H49Br2N3. The molecule has 8 rings (SSSR count). The SMILES string of the molecule is C/C=C\c1c(C(CC)CCCC)c2cc(Br)ccc2n1-c1ccc(-c2ccc(-n3c4c(c5cc(Br)ccc53)C3(N)CCCC3=CC=C4)cc2C)c(C)c1. The molecule has 0 bridgehead atoms. The molecular weight excluding hydrogens is 778 g/mol. The van der Waals surface area contributed by atoms with Crippen LogP contribution in [0.4, 0.5) is 0 Å². The molecule has 2 N–H and O–H groups in total. The minimum absolute atomic E-state index is 0.445. The molecule has 2 aliphatic rings. The highest BCUT2D eigenvalue weighted by Crippen LogP contribution is 2.49. The number of hydrogen-bond acceptors (Lipinski definition) is 1. The molecule has 2 unspecified atom stereocenters. The molecule has 0 saturated heterocycles. The molecule has 5 heteroatoms. The fraction of sp³-hybridized carbons (Fsp3) is 0.292. The van der Waals surface area contributed by atoms with Crippen molar-refractivity contribution < 1.29 is 0 Å². The number of aromatic nitrogens is 2. The van der Waals surface area contributed by atoms with Crippen molar-refractivity contribution in [3.8, 4) is 22.5 Å². The highest BCUT2D eigenvalue weighted by Gasteiger charge is 2.41. The van der Waals surface area contributed by atoms with Crippen LogP contribution in [-0.4, -0.2) is 9.13 Å². The third-order valence-corrected chi connectivity index (χ3v) is 12.9. The van der Waals surface area contributed by atoms with Crippen LogP contribution in [0.15, 0.2) is 106 Å². The Hall–Kier alpha value is -3.90. The Labute approximate surface area is 331 Å². The Balaban J connectivity index is 1.23. The molecule has 2 atom stereocenters. The first-order valence-corrected chi connectivity index (χ1v) is 21.0. The van der Waals surface area contributed by atoms with Gasteiger partial charge in [-0.2, -0.15) is 0 Å². The summed E-state index contributed by atoms with van der Waals surface area (Å²) in [6.07, 6.45) is 19.2. The molecule has 270 valence electrons. The number of nitrogens with zero attached hydrogens (tertiary/aromatic N) is 2. The maximum absolute atomic E-state index is 7.35. The fourth-order valence-electron chi connectivity index (χ4n) is 9.42. The Morgan fingerprint density at radius 3 is 2.09 bits per heavy atom. The van der Waals surface area contributed by atoms with Crippen molar-refractivity contribution >= 4 is 65.8 Å². The van der Waals surface area contributed by atoms with E-state index in [2.05, 4.69) is 179 Å². The van der Waals surface area contributed by atoms with Crippen LogP contribution in [0.3, 0.4) is 0 Å². The van der Waals surface area contributed by atoms with Crippen LogP contribution in [0, 0.1) is 13.8 Å². The largest absolute Gasteiger partial charge is 0.318 e. The summed E-state index contributed by atoms with van der Waals surface area (Å²) in [5.74, 6) is 0.511. The van der Waals surface area contributed by atoms with Crippen molar-refractivity contribution in [1.82, 2.24) is 9.13 Å². The van der Waals surface area contributed by atoms with Crippen molar-refractivity contribution in [1.29, 1.82) is 0 Å². The number of fused-ring (bicyclic) bond motifs is 6. The van der Waals surface area contributed by atoms with Gasteiger partial charge in [-0.25, -0.2) is 0 Å². The first kappa shape index (κ1) is 36.1. The van der Waals surface area contributed by atoms with Gasteiger partial charge in [0.15, 0.2) is 0 Å². The van der Waals surface area contributed by atoms with Crippen LogP contribution in [0.25, 0.3) is 56.5 Å². The zero-order valence-electron chi connectivity index (χ0n) is 31.6. The summed E-state index contributed by atoms with van der Waals surface area (Å²) in [6, 6.07) is 27.4. The maximum Gasteiger partial charge on any atom is 0.0655 e. The van der Waals surface area contributed by atoms with E-state index in [0.29, 0.717) is 5.92 Å². The lowest BCUT2D eigenvalue weighted by Gasteiger charge is -2.26. The van der Waals surface area contributed by atoms with Crippen LogP contribution in [0.2, 0.25) is 0 Å². The summed E-state index contributed by atoms with van der Waals surface area (Å²) in [5.41, 5.74) is 23.3. The van der Waals surface area contributed by atoms with Crippen LogP contribution in [-0.2, 0) is 5.54 Å². The number of rotatable bonds is 9. The van der Waals surface area contributed by atoms with E-state index in [0.717, 1.165) is 40.3 Å². The second kappa shape index (κ2) is 14.4. The van der Waals surface area contributed by atoms with E-state index in [4.69, 9.17) is 5.73 Å². The predicted molar refractivity (Wildman–Crippen MR) is 235 cm³/mol. The Bertz CT molecular complexity index is 2490. The summed E-state index contributed by atoms with van der Waals surface area (Å²) in [4.78, 5) is 0. The Morgan fingerprint density at radius 2 is 1.47 bits per heavy atom. The van der Waals surface area contributed by atoms with Gasteiger partial charge in [-0.1, -0.05) is 88.9 Å². The monoisotopic (exact) mass is 825 g/mol. The van der Waals surface area contributed by atoms with Gasteiger partial charge < -0.3 is 14.9 Å². The van der Waals surface area contributed by atoms with Crippen molar-refractivity contribution in [3.63, 3.8) is 0 Å². The molecule has 1 saturated carbocycles. The number of unbranched alkanes of at least 4 members (excludes halogenated alkanes) is 1. The number of aryl methyl sites for hydroxylation is 2. The highest BCUT2D eigenvalue weighted by atomic mass is 79.9. The lowest BCUT2D eigenvalue weighted by Crippen LogP contribution is -2.35. The lowest BCUT2D eigenvalue weighted by molar-refractivity contribution is 0.544. The minimum atomic E-state index is -0.445. The average molecular weight is 828 g/mol. The second-order valence-electron chi connectivity index (χ2n) is 15.2. The Morgan fingerprint density at radius 1 is 0.830 bits per heavy atom. The molecule has 0 aliphatic heterocycles. The third-order valence-electron chi connectivity index (χ3n) is 11.9. The summed E-state index contributed by atoms with van der Waals surface area (Å²) in [7, 11) is 0. The zero-order valence-corrected chi connectivity index (χ0v) is 34.7. The number of benzene rings is 4. The van der Waals surface area contributed by atoms with Crippen LogP contribution in [0.5, 0.6) is 0 Å². The van der Waals surface area contributed by atoms with E-state index in [1.54, 1.807) is 0 Å². The smallest absolute Gasteiger partial charge is 0.0655 e. The molecule has 3 nitrogen and oxygen atoms in total. The quantitative estimate of drug-likeness (QED) is 0.155. The molecule has 0 radical (unpaired) electrons. The van der Waals surface area contributed by atoms with Gasteiger partial charge in [-0.15, -0.1) is 0 Å². The van der Waals surface area contributed by atoms with E-state index in [9.17, 15) is 0 Å². The van der Waals surface area contributed by atoms with Gasteiger partial charge in [0.25, 0.3) is 0 Å². The van der Waals surface area contributed by atoms with Crippen molar-refractivity contribution in [2.24, 2.45) is 5.73 Å². The predicted octanol–water partition coefficient (Wildman–Crippen LogP) is 14.4. The molecule has 2 aliphatic carbocycles. The van der Waals surface area contributed by atoms with Gasteiger partial charge in [0.1, 0.15) is 0 Å². The average Bonchev–Trinajstić information content (AvgIpc) is 3.75. The van der Waals surface area contributed by atoms with E-state index < -0.39 is 5.54 Å². The van der Waals surface area contributed by atoms with Gasteiger partial charge in [0.2, 0.25) is 0 Å².